The molecule has 0 radical (unpaired) electrons. The summed E-state index contributed by atoms with van der Waals surface area (Å²) in [4.78, 5) is 12.6. The van der Waals surface area contributed by atoms with Crippen LogP contribution in [-0.4, -0.2) is 44.3 Å². The predicted molar refractivity (Wildman–Crippen MR) is 80.5 cm³/mol. The number of halogens is 3. The number of amides is 1. The van der Waals surface area contributed by atoms with Gasteiger partial charge in [-0.3, -0.25) is 4.79 Å². The summed E-state index contributed by atoms with van der Waals surface area (Å²) in [6.45, 7) is 2.35. The minimum atomic E-state index is -4.58. The zero-order valence-electron chi connectivity index (χ0n) is 13.0. The third-order valence-corrected chi connectivity index (χ3v) is 4.13. The number of benzene rings is 1. The van der Waals surface area contributed by atoms with E-state index in [1.165, 1.54) is 12.1 Å². The third-order valence-electron chi connectivity index (χ3n) is 3.34. The van der Waals surface area contributed by atoms with Crippen LogP contribution in [0.5, 0.6) is 0 Å². The van der Waals surface area contributed by atoms with Crippen molar-refractivity contribution in [3.05, 3.63) is 29.8 Å². The summed E-state index contributed by atoms with van der Waals surface area (Å²) < 4.78 is 70.2. The lowest BCUT2D eigenvalue weighted by Gasteiger charge is -2.19. The van der Waals surface area contributed by atoms with E-state index in [2.05, 4.69) is 5.32 Å². The van der Waals surface area contributed by atoms with Crippen LogP contribution < -0.4 is 10.2 Å². The number of para-hydroxylation sites is 1. The highest BCUT2D eigenvalue weighted by Crippen LogP contribution is 2.34. The Morgan fingerprint density at radius 2 is 1.92 bits per heavy atom. The van der Waals surface area contributed by atoms with Crippen molar-refractivity contribution >= 4 is 21.7 Å². The fraction of sp³-hybridized carbons (Fsp3) is 0.500. The van der Waals surface area contributed by atoms with E-state index >= 15 is 0 Å². The van der Waals surface area contributed by atoms with Crippen molar-refractivity contribution in [1.29, 1.82) is 0 Å². The van der Waals surface area contributed by atoms with Crippen LogP contribution in [0.3, 0.4) is 0 Å². The fourth-order valence-electron chi connectivity index (χ4n) is 2.15. The van der Waals surface area contributed by atoms with E-state index in [0.29, 0.717) is 11.4 Å². The van der Waals surface area contributed by atoms with Crippen molar-refractivity contribution in [3.63, 3.8) is 0 Å². The van der Waals surface area contributed by atoms with Crippen molar-refractivity contribution in [2.75, 3.05) is 30.7 Å². The van der Waals surface area contributed by atoms with Gasteiger partial charge >= 0.3 is 6.18 Å². The molecule has 1 amide bonds. The molecule has 1 aromatic carbocycles. The summed E-state index contributed by atoms with van der Waals surface area (Å²) in [5, 5.41) is 2.23. The predicted octanol–water partition coefficient (Wildman–Crippen LogP) is 0.484. The molecule has 1 aromatic rings. The lowest BCUT2D eigenvalue weighted by molar-refractivity contribution is -0.889. The van der Waals surface area contributed by atoms with Gasteiger partial charge in [-0.05, 0) is 19.1 Å². The van der Waals surface area contributed by atoms with Crippen LogP contribution >= 0.6 is 0 Å². The molecule has 0 fully saturated rings. The second kappa shape index (κ2) is 8.45. The lowest BCUT2D eigenvalue weighted by Crippen LogP contribution is -3.12. The first kappa shape index (κ1) is 20.4. The first-order chi connectivity index (χ1) is 11.0. The van der Waals surface area contributed by atoms with E-state index in [1.54, 1.807) is 6.92 Å². The molecule has 24 heavy (non-hydrogen) atoms. The van der Waals surface area contributed by atoms with Gasteiger partial charge in [0.1, 0.15) is 0 Å². The standard InChI is InChI=1S/C14H19F3N2O4S/c1-2-19(8-5-9-24(21,22)23)10-13(20)18-12-7-4-3-6-11(12)14(15,16)17/h3-4,6-7H,2,5,8-10H2,1H3,(H,18,20)(H,21,22,23). The lowest BCUT2D eigenvalue weighted by atomic mass is 10.1. The van der Waals surface area contributed by atoms with Crippen LogP contribution in [0.1, 0.15) is 18.9 Å². The Bertz CT molecular complexity index is 662. The molecule has 1 unspecified atom stereocenters. The highest BCUT2D eigenvalue weighted by atomic mass is 32.2. The molecule has 0 aromatic heterocycles. The Kier molecular flexibility index (Phi) is 7.18. The van der Waals surface area contributed by atoms with Gasteiger partial charge in [-0.2, -0.15) is 13.2 Å². The van der Waals surface area contributed by atoms with E-state index in [0.717, 1.165) is 12.1 Å². The van der Waals surface area contributed by atoms with Gasteiger partial charge in [-0.15, -0.1) is 0 Å². The molecule has 6 nitrogen and oxygen atoms in total. The molecule has 0 heterocycles. The molecule has 2 N–H and O–H groups in total. The van der Waals surface area contributed by atoms with Gasteiger partial charge in [0.05, 0.1) is 34.5 Å². The van der Waals surface area contributed by atoms with E-state index in [4.69, 9.17) is 0 Å². The van der Waals surface area contributed by atoms with Gasteiger partial charge in [0.2, 0.25) is 0 Å². The average molecular weight is 368 g/mol. The number of carbonyl (C=O) groups excluding carboxylic acids is 1. The molecule has 0 aliphatic carbocycles. The first-order valence-electron chi connectivity index (χ1n) is 7.26. The molecule has 1 rings (SSSR count). The van der Waals surface area contributed by atoms with Gasteiger partial charge in [0.25, 0.3) is 5.91 Å². The molecule has 0 bridgehead atoms. The van der Waals surface area contributed by atoms with Crippen LogP contribution in [0.2, 0.25) is 0 Å². The molecule has 0 saturated carbocycles. The molecule has 0 aliphatic rings. The maximum Gasteiger partial charge on any atom is 0.418 e. The van der Waals surface area contributed by atoms with Gasteiger partial charge in [0, 0.05) is 12.2 Å². The quantitative estimate of drug-likeness (QED) is 0.653. The van der Waals surface area contributed by atoms with Crippen LogP contribution in [0.15, 0.2) is 24.3 Å². The Labute approximate surface area is 138 Å². The van der Waals surface area contributed by atoms with Crippen LogP contribution in [-0.2, 0) is 21.1 Å². The molecule has 0 aliphatic heterocycles. The second-order valence-electron chi connectivity index (χ2n) is 5.24. The molecule has 0 saturated heterocycles. The highest BCUT2D eigenvalue weighted by Gasteiger charge is 2.33. The monoisotopic (exact) mass is 368 g/mol. The summed E-state index contributed by atoms with van der Waals surface area (Å²) in [5.74, 6) is -1.15. The molecular formula is C14H19F3N2O4S. The number of hydrogen-bond donors (Lipinski definition) is 2. The number of quaternary nitrogens is 1. The summed E-state index contributed by atoms with van der Waals surface area (Å²) in [7, 11) is -4.32. The second-order valence-corrected chi connectivity index (χ2v) is 6.76. The Morgan fingerprint density at radius 1 is 1.29 bits per heavy atom. The minimum absolute atomic E-state index is 0.0847. The van der Waals surface area contributed by atoms with E-state index < -0.39 is 33.5 Å². The van der Waals surface area contributed by atoms with Crippen molar-refractivity contribution in [2.45, 2.75) is 19.5 Å². The van der Waals surface area contributed by atoms with Crippen LogP contribution in [0.4, 0.5) is 18.9 Å². The zero-order valence-corrected chi connectivity index (χ0v) is 13.8. The molecule has 10 heteroatoms. The zero-order chi connectivity index (χ0) is 18.4. The number of hydrogen-bond acceptors (Lipinski definition) is 4. The molecule has 1 atom stereocenters. The topological polar surface area (TPSA) is 90.7 Å². The summed E-state index contributed by atoms with van der Waals surface area (Å²) in [6, 6.07) is 4.65. The van der Waals surface area contributed by atoms with Crippen molar-refractivity contribution in [1.82, 2.24) is 0 Å². The van der Waals surface area contributed by atoms with Gasteiger partial charge in [-0.1, -0.05) is 12.1 Å². The van der Waals surface area contributed by atoms with Crippen LogP contribution in [0, 0.1) is 0 Å². The van der Waals surface area contributed by atoms with Crippen molar-refractivity contribution < 1.29 is 35.8 Å². The maximum atomic E-state index is 12.9. The van der Waals surface area contributed by atoms with E-state index in [9.17, 15) is 30.9 Å². The fourth-order valence-corrected chi connectivity index (χ4v) is 2.65. The van der Waals surface area contributed by atoms with E-state index in [1.807, 2.05) is 0 Å². The Hall–Kier alpha value is -1.65. The average Bonchev–Trinajstić information content (AvgIpc) is 2.44. The number of alkyl halides is 3. The number of likely N-dealkylation sites (N-methyl/N-ethyl adjacent to an activating group) is 1. The van der Waals surface area contributed by atoms with E-state index in [-0.39, 0.29) is 25.2 Å². The smallest absolute Gasteiger partial charge is 0.418 e. The minimum Gasteiger partial charge on any atom is -0.748 e. The Balaban J connectivity index is 2.65. The SMILES string of the molecule is CC[NH+](CCCS(=O)(=O)[O-])CC(=O)Nc1ccccc1C(F)(F)F. The number of rotatable bonds is 8. The summed E-state index contributed by atoms with van der Waals surface area (Å²) >= 11 is 0. The van der Waals surface area contributed by atoms with Gasteiger partial charge in [-0.25, -0.2) is 8.42 Å². The number of anilines is 1. The summed E-state index contributed by atoms with van der Waals surface area (Å²) in [6.07, 6.45) is -4.49. The van der Waals surface area contributed by atoms with Gasteiger partial charge < -0.3 is 14.8 Å². The molecule has 0 spiro atoms. The third kappa shape index (κ3) is 7.28. The Morgan fingerprint density at radius 3 is 2.46 bits per heavy atom. The normalized spacial score (nSPS) is 13.5. The van der Waals surface area contributed by atoms with Crippen molar-refractivity contribution in [2.24, 2.45) is 0 Å². The summed E-state index contributed by atoms with van der Waals surface area (Å²) in [5.41, 5.74) is -1.26. The molecule has 136 valence electrons. The first-order valence-corrected chi connectivity index (χ1v) is 8.84. The highest BCUT2D eigenvalue weighted by molar-refractivity contribution is 7.85. The van der Waals surface area contributed by atoms with Crippen molar-refractivity contribution in [3.8, 4) is 0 Å². The maximum absolute atomic E-state index is 12.9. The largest absolute Gasteiger partial charge is 0.748 e. The van der Waals surface area contributed by atoms with Crippen LogP contribution in [0.25, 0.3) is 0 Å². The molecular weight excluding hydrogens is 349 g/mol. The number of carbonyl (C=O) groups is 1. The van der Waals surface area contributed by atoms with Gasteiger partial charge in [0.15, 0.2) is 6.54 Å². The number of nitrogens with one attached hydrogen (secondary N) is 2.